The number of aliphatic carboxylic acids is 1. The monoisotopic (exact) mass is 329 g/mol. The Bertz CT molecular complexity index is 589. The molecule has 0 saturated heterocycles. The molecule has 0 radical (unpaired) electrons. The Labute approximate surface area is 143 Å². The number of carbonyl (C=O) groups is 2. The highest BCUT2D eigenvalue weighted by Crippen LogP contribution is 2.58. The number of fused-ring (bicyclic) bond motifs is 2. The van der Waals surface area contributed by atoms with Crippen LogP contribution in [0.2, 0.25) is 0 Å². The van der Waals surface area contributed by atoms with Gasteiger partial charge < -0.3 is 10.0 Å². The van der Waals surface area contributed by atoms with Gasteiger partial charge in [0.05, 0.1) is 11.8 Å². The van der Waals surface area contributed by atoms with E-state index in [1.165, 1.54) is 19.3 Å². The molecule has 0 aliphatic heterocycles. The number of amides is 1. The van der Waals surface area contributed by atoms with Crippen molar-refractivity contribution in [3.05, 3.63) is 12.2 Å². The van der Waals surface area contributed by atoms with E-state index in [9.17, 15) is 14.7 Å². The van der Waals surface area contributed by atoms with Crippen LogP contribution in [0.4, 0.5) is 0 Å². The van der Waals surface area contributed by atoms with E-state index >= 15 is 0 Å². The second kappa shape index (κ2) is 4.86. The molecule has 0 spiro atoms. The van der Waals surface area contributed by atoms with Gasteiger partial charge in [0, 0.05) is 12.6 Å². The summed E-state index contributed by atoms with van der Waals surface area (Å²) in [5, 5.41) is 9.67. The lowest BCUT2D eigenvalue weighted by Crippen LogP contribution is -2.61. The summed E-state index contributed by atoms with van der Waals surface area (Å²) in [4.78, 5) is 27.2. The van der Waals surface area contributed by atoms with Crippen LogP contribution in [0.3, 0.4) is 0 Å². The first kappa shape index (κ1) is 15.0. The smallest absolute Gasteiger partial charge is 0.307 e. The second-order valence-electron chi connectivity index (χ2n) is 9.38. The van der Waals surface area contributed by atoms with Crippen molar-refractivity contribution in [1.29, 1.82) is 0 Å². The van der Waals surface area contributed by atoms with E-state index in [1.54, 1.807) is 0 Å². The number of hydrogen-bond donors (Lipinski definition) is 1. The normalized spacial score (nSPS) is 50.5. The van der Waals surface area contributed by atoms with Gasteiger partial charge in [-0.1, -0.05) is 12.2 Å². The van der Waals surface area contributed by atoms with Crippen molar-refractivity contribution in [3.63, 3.8) is 0 Å². The van der Waals surface area contributed by atoms with E-state index in [4.69, 9.17) is 0 Å². The number of carboxylic acids is 1. The molecule has 0 aromatic heterocycles. The first-order valence-electron chi connectivity index (χ1n) is 9.66. The highest BCUT2D eigenvalue weighted by atomic mass is 16.4. The van der Waals surface area contributed by atoms with E-state index in [0.29, 0.717) is 0 Å². The molecule has 5 fully saturated rings. The highest BCUT2D eigenvalue weighted by molar-refractivity contribution is 5.87. The summed E-state index contributed by atoms with van der Waals surface area (Å²) in [5.74, 6) is 1.06. The summed E-state index contributed by atoms with van der Waals surface area (Å²) in [5.41, 5.74) is 0.0282. The van der Waals surface area contributed by atoms with E-state index in [-0.39, 0.29) is 29.2 Å². The first-order chi connectivity index (χ1) is 11.5. The number of rotatable bonds is 3. The van der Waals surface area contributed by atoms with E-state index in [0.717, 1.165) is 43.4 Å². The van der Waals surface area contributed by atoms with Gasteiger partial charge >= 0.3 is 5.97 Å². The molecule has 4 unspecified atom stereocenters. The fourth-order valence-electron chi connectivity index (χ4n) is 7.43. The lowest BCUT2D eigenvalue weighted by atomic mass is 9.52. The van der Waals surface area contributed by atoms with Gasteiger partial charge in [0.1, 0.15) is 0 Å². The molecule has 4 nitrogen and oxygen atoms in total. The van der Waals surface area contributed by atoms with E-state index < -0.39 is 11.9 Å². The van der Waals surface area contributed by atoms with Gasteiger partial charge in [-0.05, 0) is 74.5 Å². The van der Waals surface area contributed by atoms with Crippen molar-refractivity contribution in [3.8, 4) is 0 Å². The minimum Gasteiger partial charge on any atom is -0.481 e. The van der Waals surface area contributed by atoms with Crippen molar-refractivity contribution in [2.75, 3.05) is 7.05 Å². The van der Waals surface area contributed by atoms with Crippen molar-refractivity contribution in [2.45, 2.75) is 50.5 Å². The number of hydrogen-bond acceptors (Lipinski definition) is 2. The van der Waals surface area contributed by atoms with Gasteiger partial charge in [0.25, 0.3) is 0 Å². The van der Waals surface area contributed by atoms with Crippen LogP contribution >= 0.6 is 0 Å². The predicted molar refractivity (Wildman–Crippen MR) is 89.0 cm³/mol. The van der Waals surface area contributed by atoms with Crippen molar-refractivity contribution in [1.82, 2.24) is 4.90 Å². The molecule has 1 N–H and O–H groups in total. The van der Waals surface area contributed by atoms with Crippen LogP contribution in [0.15, 0.2) is 12.2 Å². The van der Waals surface area contributed by atoms with Crippen molar-refractivity contribution >= 4 is 11.9 Å². The van der Waals surface area contributed by atoms with Gasteiger partial charge in [-0.15, -0.1) is 0 Å². The Morgan fingerprint density at radius 2 is 1.42 bits per heavy atom. The Balaban J connectivity index is 1.43. The minimum absolute atomic E-state index is 0.0282. The molecule has 6 rings (SSSR count). The van der Waals surface area contributed by atoms with E-state index in [1.807, 2.05) is 18.0 Å². The molecule has 0 heterocycles. The molecule has 5 saturated carbocycles. The number of allylic oxidation sites excluding steroid dienone is 2. The fraction of sp³-hybridized carbons (Fsp3) is 0.800. The summed E-state index contributed by atoms with van der Waals surface area (Å²) in [6.45, 7) is 0. The Kier molecular flexibility index (Phi) is 3.03. The van der Waals surface area contributed by atoms with Crippen LogP contribution in [0.25, 0.3) is 0 Å². The summed E-state index contributed by atoms with van der Waals surface area (Å²) in [7, 11) is 1.98. The molecule has 1 amide bonds. The molecule has 6 aliphatic carbocycles. The third-order valence-electron chi connectivity index (χ3n) is 8.08. The average Bonchev–Trinajstić information content (AvgIpc) is 3.13. The number of carboxylic acid groups (broad SMARTS) is 1. The maximum absolute atomic E-state index is 13.4. The third kappa shape index (κ3) is 1.91. The van der Waals surface area contributed by atoms with Crippen LogP contribution in [0.5, 0.6) is 0 Å². The van der Waals surface area contributed by atoms with Crippen molar-refractivity contribution < 1.29 is 14.7 Å². The van der Waals surface area contributed by atoms with Crippen molar-refractivity contribution in [2.24, 2.45) is 41.4 Å². The third-order valence-corrected chi connectivity index (χ3v) is 8.08. The summed E-state index contributed by atoms with van der Waals surface area (Å²) in [6.07, 6.45) is 12.5. The summed E-state index contributed by atoms with van der Waals surface area (Å²) in [6, 6.07) is 0. The molecule has 130 valence electrons. The van der Waals surface area contributed by atoms with Crippen LogP contribution in [-0.4, -0.2) is 34.5 Å². The molecule has 0 aromatic rings. The topological polar surface area (TPSA) is 57.6 Å². The largest absolute Gasteiger partial charge is 0.481 e. The summed E-state index contributed by atoms with van der Waals surface area (Å²) >= 11 is 0. The lowest BCUT2D eigenvalue weighted by molar-refractivity contribution is -0.159. The Morgan fingerprint density at radius 3 is 1.92 bits per heavy atom. The highest BCUT2D eigenvalue weighted by Gasteiger charge is 2.57. The minimum atomic E-state index is -0.788. The number of nitrogens with zero attached hydrogens (tertiary/aromatic N) is 1. The summed E-state index contributed by atoms with van der Waals surface area (Å²) < 4.78 is 0. The van der Waals surface area contributed by atoms with Crippen LogP contribution in [0.1, 0.15) is 44.9 Å². The Morgan fingerprint density at radius 1 is 0.917 bits per heavy atom. The zero-order chi connectivity index (χ0) is 16.6. The van der Waals surface area contributed by atoms with Gasteiger partial charge in [-0.3, -0.25) is 9.59 Å². The van der Waals surface area contributed by atoms with Gasteiger partial charge in [0.2, 0.25) is 5.91 Å². The second-order valence-corrected chi connectivity index (χ2v) is 9.38. The standard InChI is InChI=1S/C20H27NO3/c1-21(20-8-11-4-12(9-20)6-13(5-11)10-20)18(22)16-14-2-3-15(7-14)17(16)19(23)24/h2-3,11-17H,4-10H2,1H3,(H,23,24). The Hall–Kier alpha value is -1.32. The molecule has 4 heteroatoms. The zero-order valence-electron chi connectivity index (χ0n) is 14.4. The lowest BCUT2D eigenvalue weighted by Gasteiger charge is -2.60. The maximum atomic E-state index is 13.4. The SMILES string of the molecule is CN(C(=O)C1C2C=CC(C2)C1C(=O)O)C12CC3CC(CC(C3)C1)C2. The fourth-order valence-corrected chi connectivity index (χ4v) is 7.43. The first-order valence-corrected chi connectivity index (χ1v) is 9.66. The zero-order valence-corrected chi connectivity index (χ0v) is 14.4. The quantitative estimate of drug-likeness (QED) is 0.810. The molecule has 24 heavy (non-hydrogen) atoms. The molecule has 6 aliphatic rings. The van der Waals surface area contributed by atoms with Crippen LogP contribution < -0.4 is 0 Å². The van der Waals surface area contributed by atoms with Gasteiger partial charge in [-0.2, -0.15) is 0 Å². The number of carbonyl (C=O) groups excluding carboxylic acids is 1. The van der Waals surface area contributed by atoms with Gasteiger partial charge in [-0.25, -0.2) is 0 Å². The van der Waals surface area contributed by atoms with Gasteiger partial charge in [0.15, 0.2) is 0 Å². The maximum Gasteiger partial charge on any atom is 0.307 e. The van der Waals surface area contributed by atoms with Crippen LogP contribution in [0, 0.1) is 41.4 Å². The molecule has 6 bridgehead atoms. The van der Waals surface area contributed by atoms with E-state index in [2.05, 4.69) is 6.08 Å². The molecule has 0 aromatic carbocycles. The molecule has 4 atom stereocenters. The molecular weight excluding hydrogens is 302 g/mol. The molecular formula is C20H27NO3. The average molecular weight is 329 g/mol. The predicted octanol–water partition coefficient (Wildman–Crippen LogP) is 2.94. The van der Waals surface area contributed by atoms with Crippen LogP contribution in [-0.2, 0) is 9.59 Å².